The van der Waals surface area contributed by atoms with Crippen molar-refractivity contribution in [1.82, 2.24) is 0 Å². The second-order valence-electron chi connectivity index (χ2n) is 4.71. The number of anilines is 1. The minimum Gasteiger partial charge on any atom is -0.465 e. The number of ether oxygens (including phenoxy) is 1. The van der Waals surface area contributed by atoms with Crippen LogP contribution >= 0.6 is 11.8 Å². The third kappa shape index (κ3) is 3.19. The molecule has 2 N–H and O–H groups in total. The maximum Gasteiger partial charge on any atom is 0.339 e. The lowest BCUT2D eigenvalue weighted by Crippen LogP contribution is -2.05. The zero-order valence-corrected chi connectivity index (χ0v) is 11.5. The molecule has 0 amide bonds. The lowest BCUT2D eigenvalue weighted by Gasteiger charge is -2.11. The molecule has 0 atom stereocenters. The van der Waals surface area contributed by atoms with E-state index in [0.29, 0.717) is 11.3 Å². The topological polar surface area (TPSA) is 52.3 Å². The van der Waals surface area contributed by atoms with Crippen LogP contribution in [0.25, 0.3) is 0 Å². The monoisotopic (exact) mass is 265 g/mol. The van der Waals surface area contributed by atoms with Crippen LogP contribution in [-0.4, -0.2) is 18.8 Å². The van der Waals surface area contributed by atoms with Gasteiger partial charge in [-0.2, -0.15) is 0 Å². The van der Waals surface area contributed by atoms with Gasteiger partial charge in [0.25, 0.3) is 0 Å². The van der Waals surface area contributed by atoms with Gasteiger partial charge in [-0.05, 0) is 37.0 Å². The first kappa shape index (κ1) is 13.3. The summed E-state index contributed by atoms with van der Waals surface area (Å²) in [5.74, 6) is 1.56. The van der Waals surface area contributed by atoms with Crippen LogP contribution in [0.5, 0.6) is 0 Å². The number of esters is 1. The summed E-state index contributed by atoms with van der Waals surface area (Å²) in [6.45, 7) is 0. The second kappa shape index (κ2) is 6.14. The maximum atomic E-state index is 11.7. The molecular weight excluding hydrogens is 246 g/mol. The van der Waals surface area contributed by atoms with Crippen molar-refractivity contribution >= 4 is 23.4 Å². The number of carbonyl (C=O) groups is 1. The first-order chi connectivity index (χ1) is 8.70. The average Bonchev–Trinajstić information content (AvgIpc) is 2.89. The number of thioether (sulfide) groups is 1. The molecule has 1 aromatic carbocycles. The summed E-state index contributed by atoms with van der Waals surface area (Å²) in [4.78, 5) is 12.7. The average molecular weight is 265 g/mol. The molecule has 18 heavy (non-hydrogen) atoms. The molecule has 1 fully saturated rings. The predicted octanol–water partition coefficient (Wildman–Crippen LogP) is 3.34. The van der Waals surface area contributed by atoms with Crippen molar-refractivity contribution in [2.24, 2.45) is 5.92 Å². The van der Waals surface area contributed by atoms with Crippen molar-refractivity contribution in [3.05, 3.63) is 23.8 Å². The van der Waals surface area contributed by atoms with E-state index in [9.17, 15) is 4.79 Å². The fourth-order valence-electron chi connectivity index (χ4n) is 2.33. The number of carbonyl (C=O) groups excluding carboxylic acids is 1. The van der Waals surface area contributed by atoms with Crippen molar-refractivity contribution < 1.29 is 9.53 Å². The molecule has 0 spiro atoms. The van der Waals surface area contributed by atoms with E-state index in [2.05, 4.69) is 0 Å². The van der Waals surface area contributed by atoms with Gasteiger partial charge in [0.2, 0.25) is 0 Å². The van der Waals surface area contributed by atoms with Crippen molar-refractivity contribution in [3.8, 4) is 0 Å². The van der Waals surface area contributed by atoms with Crippen LogP contribution in [0.2, 0.25) is 0 Å². The van der Waals surface area contributed by atoms with Gasteiger partial charge in [-0.3, -0.25) is 0 Å². The summed E-state index contributed by atoms with van der Waals surface area (Å²) in [6, 6.07) is 5.45. The van der Waals surface area contributed by atoms with Crippen LogP contribution in [0.3, 0.4) is 0 Å². The Morgan fingerprint density at radius 3 is 2.83 bits per heavy atom. The summed E-state index contributed by atoms with van der Waals surface area (Å²) in [5, 5.41) is 0. The van der Waals surface area contributed by atoms with Crippen molar-refractivity contribution in [2.75, 3.05) is 18.6 Å². The lowest BCUT2D eigenvalue weighted by molar-refractivity contribution is 0.0597. The smallest absolute Gasteiger partial charge is 0.339 e. The van der Waals surface area contributed by atoms with Crippen molar-refractivity contribution in [1.29, 1.82) is 0 Å². The molecule has 3 nitrogen and oxygen atoms in total. The fraction of sp³-hybridized carbons (Fsp3) is 0.500. The molecule has 0 aliphatic heterocycles. The largest absolute Gasteiger partial charge is 0.465 e. The predicted molar refractivity (Wildman–Crippen MR) is 74.9 cm³/mol. The number of hydrogen-bond donors (Lipinski definition) is 1. The van der Waals surface area contributed by atoms with Gasteiger partial charge < -0.3 is 10.5 Å². The lowest BCUT2D eigenvalue weighted by atomic mass is 10.1. The van der Waals surface area contributed by atoms with Crippen LogP contribution in [0.15, 0.2) is 23.1 Å². The SMILES string of the molecule is COC(=O)c1cc(N)ccc1SCC1CCCC1. The Bertz CT molecular complexity index is 428. The van der Waals surface area contributed by atoms with E-state index in [-0.39, 0.29) is 5.97 Å². The Kier molecular flexibility index (Phi) is 4.53. The maximum absolute atomic E-state index is 11.7. The molecule has 0 saturated heterocycles. The minimum atomic E-state index is -0.309. The van der Waals surface area contributed by atoms with Crippen LogP contribution < -0.4 is 5.73 Å². The summed E-state index contributed by atoms with van der Waals surface area (Å²) in [7, 11) is 1.40. The molecule has 0 aromatic heterocycles. The van der Waals surface area contributed by atoms with Crippen molar-refractivity contribution in [2.45, 2.75) is 30.6 Å². The first-order valence-corrected chi connectivity index (χ1v) is 7.30. The number of hydrogen-bond acceptors (Lipinski definition) is 4. The van der Waals surface area contributed by atoms with Gasteiger partial charge in [-0.15, -0.1) is 11.8 Å². The highest BCUT2D eigenvalue weighted by atomic mass is 32.2. The normalized spacial score (nSPS) is 15.8. The molecule has 1 aromatic rings. The molecule has 1 saturated carbocycles. The minimum absolute atomic E-state index is 0.309. The molecule has 0 heterocycles. The fourth-order valence-corrected chi connectivity index (χ4v) is 3.54. The highest BCUT2D eigenvalue weighted by Gasteiger charge is 2.18. The molecule has 0 bridgehead atoms. The molecule has 1 aliphatic rings. The third-order valence-corrected chi connectivity index (χ3v) is 4.66. The van der Waals surface area contributed by atoms with E-state index in [1.165, 1.54) is 32.8 Å². The van der Waals surface area contributed by atoms with E-state index in [0.717, 1.165) is 16.6 Å². The summed E-state index contributed by atoms with van der Waals surface area (Å²) >= 11 is 1.74. The van der Waals surface area contributed by atoms with Crippen LogP contribution in [-0.2, 0) is 4.74 Å². The van der Waals surface area contributed by atoms with E-state index in [1.807, 2.05) is 12.1 Å². The van der Waals surface area contributed by atoms with E-state index in [4.69, 9.17) is 10.5 Å². The molecule has 2 rings (SSSR count). The summed E-state index contributed by atoms with van der Waals surface area (Å²) in [6.07, 6.45) is 5.32. The first-order valence-electron chi connectivity index (χ1n) is 6.31. The summed E-state index contributed by atoms with van der Waals surface area (Å²) < 4.78 is 4.80. The molecule has 0 unspecified atom stereocenters. The Hall–Kier alpha value is -1.16. The van der Waals surface area contributed by atoms with E-state index < -0.39 is 0 Å². The number of nitrogen functional groups attached to an aromatic ring is 1. The van der Waals surface area contributed by atoms with Gasteiger partial charge in [0.05, 0.1) is 12.7 Å². The number of methoxy groups -OCH3 is 1. The summed E-state index contributed by atoms with van der Waals surface area (Å²) in [5.41, 5.74) is 6.90. The Labute approximate surface area is 112 Å². The Morgan fingerprint density at radius 1 is 1.44 bits per heavy atom. The standard InChI is InChI=1S/C14H19NO2S/c1-17-14(16)12-8-11(15)6-7-13(12)18-9-10-4-2-3-5-10/h6-8,10H,2-5,9,15H2,1H3. The highest BCUT2D eigenvalue weighted by Crippen LogP contribution is 2.33. The van der Waals surface area contributed by atoms with Gasteiger partial charge in [0.15, 0.2) is 0 Å². The van der Waals surface area contributed by atoms with Gasteiger partial charge in [0.1, 0.15) is 0 Å². The molecular formula is C14H19NO2S. The Balaban J connectivity index is 2.08. The zero-order valence-electron chi connectivity index (χ0n) is 10.6. The molecule has 98 valence electrons. The molecule has 0 radical (unpaired) electrons. The molecule has 1 aliphatic carbocycles. The van der Waals surface area contributed by atoms with Crippen LogP contribution in [0, 0.1) is 5.92 Å². The molecule has 4 heteroatoms. The number of benzene rings is 1. The van der Waals surface area contributed by atoms with Gasteiger partial charge >= 0.3 is 5.97 Å². The van der Waals surface area contributed by atoms with Gasteiger partial charge in [-0.25, -0.2) is 4.79 Å². The quantitative estimate of drug-likeness (QED) is 0.515. The van der Waals surface area contributed by atoms with E-state index >= 15 is 0 Å². The highest BCUT2D eigenvalue weighted by molar-refractivity contribution is 7.99. The van der Waals surface area contributed by atoms with Gasteiger partial charge in [-0.1, -0.05) is 12.8 Å². The van der Waals surface area contributed by atoms with E-state index in [1.54, 1.807) is 17.8 Å². The number of rotatable bonds is 4. The number of nitrogens with two attached hydrogens (primary N) is 1. The van der Waals surface area contributed by atoms with Crippen LogP contribution in [0.1, 0.15) is 36.0 Å². The third-order valence-electron chi connectivity index (χ3n) is 3.36. The van der Waals surface area contributed by atoms with Gasteiger partial charge in [0, 0.05) is 16.3 Å². The zero-order chi connectivity index (χ0) is 13.0. The Morgan fingerprint density at radius 2 is 2.17 bits per heavy atom. The van der Waals surface area contributed by atoms with Crippen molar-refractivity contribution in [3.63, 3.8) is 0 Å². The van der Waals surface area contributed by atoms with Crippen LogP contribution in [0.4, 0.5) is 5.69 Å². The second-order valence-corrected chi connectivity index (χ2v) is 5.77.